The Morgan fingerprint density at radius 1 is 1.30 bits per heavy atom. The number of aromatic carboxylic acids is 1. The van der Waals surface area contributed by atoms with Crippen molar-refractivity contribution in [1.29, 1.82) is 0 Å². The van der Waals surface area contributed by atoms with E-state index in [1.54, 1.807) is 0 Å². The number of ether oxygens (including phenoxy) is 2. The summed E-state index contributed by atoms with van der Waals surface area (Å²) in [4.78, 5) is 24.1. The van der Waals surface area contributed by atoms with Gasteiger partial charge in [-0.05, 0) is 36.3 Å². The average Bonchev–Trinajstić information content (AvgIpc) is 3.15. The lowest BCUT2D eigenvalue weighted by Gasteiger charge is -2.34. The fraction of sp³-hybridized carbons (Fsp3) is 0.500. The first-order valence-electron chi connectivity index (χ1n) is 10.7. The molecular formula is C24H29NO5. The monoisotopic (exact) mass is 411 g/mol. The summed E-state index contributed by atoms with van der Waals surface area (Å²) < 4.78 is 14.0. The van der Waals surface area contributed by atoms with Crippen LogP contribution in [-0.4, -0.2) is 28.9 Å². The molecule has 2 aliphatic rings. The van der Waals surface area contributed by atoms with Crippen molar-refractivity contribution in [2.24, 2.45) is 11.8 Å². The van der Waals surface area contributed by atoms with E-state index < -0.39 is 11.4 Å². The van der Waals surface area contributed by atoms with E-state index in [4.69, 9.17) is 9.47 Å². The first-order chi connectivity index (χ1) is 14.3. The molecule has 0 saturated heterocycles. The van der Waals surface area contributed by atoms with Crippen LogP contribution in [0.5, 0.6) is 11.5 Å². The van der Waals surface area contributed by atoms with Gasteiger partial charge in [-0.15, -0.1) is 0 Å². The van der Waals surface area contributed by atoms with Gasteiger partial charge in [0.15, 0.2) is 16.9 Å². The second-order valence-corrected chi connectivity index (χ2v) is 9.01. The molecule has 0 aliphatic carbocycles. The van der Waals surface area contributed by atoms with Crippen LogP contribution in [0.15, 0.2) is 23.1 Å². The number of hydrogen-bond donors (Lipinski definition) is 1. The Hall–Kier alpha value is -2.76. The predicted molar refractivity (Wildman–Crippen MR) is 115 cm³/mol. The molecule has 160 valence electrons. The maximum absolute atomic E-state index is 12.5. The van der Waals surface area contributed by atoms with Crippen LogP contribution in [0.1, 0.15) is 61.6 Å². The molecule has 3 heterocycles. The third kappa shape index (κ3) is 3.48. The van der Waals surface area contributed by atoms with Crippen molar-refractivity contribution in [3.63, 3.8) is 0 Å². The summed E-state index contributed by atoms with van der Waals surface area (Å²) in [5.74, 6) is 1.19. The third-order valence-electron chi connectivity index (χ3n) is 6.10. The third-order valence-corrected chi connectivity index (χ3v) is 6.10. The van der Waals surface area contributed by atoms with Crippen LogP contribution >= 0.6 is 0 Å². The number of fused-ring (bicyclic) bond motifs is 5. The lowest BCUT2D eigenvalue weighted by molar-refractivity contribution is 0.0694. The molecule has 1 aromatic heterocycles. The van der Waals surface area contributed by atoms with Crippen molar-refractivity contribution >= 4 is 5.97 Å². The molecule has 1 aromatic carbocycles. The largest absolute Gasteiger partial charge is 0.490 e. The standard InChI is InChI=1S/C24H29NO5/c1-13(2)5-7-29-21-10-15-9-18(14(3)4)25-12-17(24(27)28)20(26)11-19(25)22(15)16-6-8-30-23(16)21/h10-14,18H,5-9H2,1-4H3,(H,27,28). The van der Waals surface area contributed by atoms with Gasteiger partial charge in [-0.2, -0.15) is 0 Å². The molecule has 2 aliphatic heterocycles. The van der Waals surface area contributed by atoms with Crippen molar-refractivity contribution in [1.82, 2.24) is 4.57 Å². The molecule has 0 amide bonds. The Morgan fingerprint density at radius 2 is 2.07 bits per heavy atom. The minimum Gasteiger partial charge on any atom is -0.490 e. The number of carbonyl (C=O) groups is 1. The Balaban J connectivity index is 1.88. The molecule has 6 nitrogen and oxygen atoms in total. The Labute approximate surface area is 176 Å². The zero-order chi connectivity index (χ0) is 21.6. The van der Waals surface area contributed by atoms with Gasteiger partial charge in [0.1, 0.15) is 5.56 Å². The molecule has 0 bridgehead atoms. The highest BCUT2D eigenvalue weighted by molar-refractivity contribution is 5.88. The van der Waals surface area contributed by atoms with Crippen LogP contribution in [0, 0.1) is 11.8 Å². The summed E-state index contributed by atoms with van der Waals surface area (Å²) >= 11 is 0. The number of carboxylic acids is 1. The van der Waals surface area contributed by atoms with Crippen molar-refractivity contribution < 1.29 is 19.4 Å². The van der Waals surface area contributed by atoms with Crippen LogP contribution in [-0.2, 0) is 12.8 Å². The summed E-state index contributed by atoms with van der Waals surface area (Å²) in [7, 11) is 0. The Bertz CT molecular complexity index is 1050. The molecular weight excluding hydrogens is 382 g/mol. The number of carboxylic acid groups (broad SMARTS) is 1. The van der Waals surface area contributed by atoms with Gasteiger partial charge in [0.25, 0.3) is 0 Å². The molecule has 6 heteroatoms. The van der Waals surface area contributed by atoms with E-state index in [2.05, 4.69) is 33.8 Å². The molecule has 2 aromatic rings. The molecule has 0 radical (unpaired) electrons. The van der Waals surface area contributed by atoms with Crippen molar-refractivity contribution in [2.45, 2.75) is 53.0 Å². The van der Waals surface area contributed by atoms with Crippen molar-refractivity contribution in [2.75, 3.05) is 13.2 Å². The highest BCUT2D eigenvalue weighted by atomic mass is 16.5. The van der Waals surface area contributed by atoms with Gasteiger partial charge in [0.2, 0.25) is 0 Å². The minimum absolute atomic E-state index is 0.0649. The quantitative estimate of drug-likeness (QED) is 0.766. The molecule has 0 saturated carbocycles. The minimum atomic E-state index is -1.19. The number of rotatable bonds is 6. The molecule has 0 fully saturated rings. The van der Waals surface area contributed by atoms with Gasteiger partial charge in [0.05, 0.1) is 18.9 Å². The molecule has 1 atom stereocenters. The fourth-order valence-electron chi connectivity index (χ4n) is 4.46. The summed E-state index contributed by atoms with van der Waals surface area (Å²) in [6.07, 6.45) is 4.00. The molecule has 0 spiro atoms. The Kier molecular flexibility index (Phi) is 5.35. The highest BCUT2D eigenvalue weighted by Crippen LogP contribution is 2.48. The zero-order valence-electron chi connectivity index (χ0n) is 18.0. The van der Waals surface area contributed by atoms with Crippen LogP contribution in [0.2, 0.25) is 0 Å². The summed E-state index contributed by atoms with van der Waals surface area (Å²) in [6.45, 7) is 9.80. The highest BCUT2D eigenvalue weighted by Gasteiger charge is 2.33. The van der Waals surface area contributed by atoms with E-state index in [1.807, 2.05) is 4.57 Å². The van der Waals surface area contributed by atoms with Crippen LogP contribution in [0.4, 0.5) is 0 Å². The number of aromatic nitrogens is 1. The maximum Gasteiger partial charge on any atom is 0.341 e. The van der Waals surface area contributed by atoms with Gasteiger partial charge in [-0.25, -0.2) is 4.79 Å². The second-order valence-electron chi connectivity index (χ2n) is 9.01. The molecule has 1 unspecified atom stereocenters. The average molecular weight is 411 g/mol. The number of hydrogen-bond acceptors (Lipinski definition) is 4. The first kappa shape index (κ1) is 20.5. The summed E-state index contributed by atoms with van der Waals surface area (Å²) in [5.41, 5.74) is 3.33. The Morgan fingerprint density at radius 3 is 2.73 bits per heavy atom. The van der Waals surface area contributed by atoms with E-state index in [-0.39, 0.29) is 17.5 Å². The van der Waals surface area contributed by atoms with Crippen LogP contribution in [0.25, 0.3) is 11.3 Å². The fourth-order valence-corrected chi connectivity index (χ4v) is 4.46. The van der Waals surface area contributed by atoms with E-state index in [0.29, 0.717) is 19.1 Å². The van der Waals surface area contributed by atoms with E-state index in [1.165, 1.54) is 12.3 Å². The van der Waals surface area contributed by atoms with E-state index in [0.717, 1.165) is 53.1 Å². The predicted octanol–water partition coefficient (Wildman–Crippen LogP) is 4.33. The van der Waals surface area contributed by atoms with Gasteiger partial charge in [0, 0.05) is 35.9 Å². The topological polar surface area (TPSA) is 77.8 Å². The van der Waals surface area contributed by atoms with Gasteiger partial charge < -0.3 is 19.1 Å². The summed E-state index contributed by atoms with van der Waals surface area (Å²) in [5, 5.41) is 9.45. The summed E-state index contributed by atoms with van der Waals surface area (Å²) in [6, 6.07) is 3.61. The smallest absolute Gasteiger partial charge is 0.341 e. The number of nitrogens with zero attached hydrogens (tertiary/aromatic N) is 1. The van der Waals surface area contributed by atoms with Gasteiger partial charge in [-0.1, -0.05) is 27.7 Å². The normalized spacial score (nSPS) is 16.8. The van der Waals surface area contributed by atoms with E-state index >= 15 is 0 Å². The van der Waals surface area contributed by atoms with Crippen LogP contribution in [0.3, 0.4) is 0 Å². The van der Waals surface area contributed by atoms with Gasteiger partial charge in [-0.3, -0.25) is 4.79 Å². The first-order valence-corrected chi connectivity index (χ1v) is 10.7. The van der Waals surface area contributed by atoms with E-state index in [9.17, 15) is 14.7 Å². The number of benzene rings is 1. The zero-order valence-corrected chi connectivity index (χ0v) is 18.0. The SMILES string of the molecule is CC(C)CCOc1cc2c(c3c1OCC3)-c1cc(=O)c(C(=O)O)cn1C(C(C)C)C2. The molecule has 30 heavy (non-hydrogen) atoms. The van der Waals surface area contributed by atoms with Crippen LogP contribution < -0.4 is 14.9 Å². The van der Waals surface area contributed by atoms with Crippen molar-refractivity contribution in [3.8, 4) is 22.8 Å². The molecule has 4 rings (SSSR count). The van der Waals surface area contributed by atoms with Gasteiger partial charge >= 0.3 is 5.97 Å². The van der Waals surface area contributed by atoms with Crippen molar-refractivity contribution in [3.05, 3.63) is 45.2 Å². The lowest BCUT2D eigenvalue weighted by atomic mass is 9.84. The second kappa shape index (κ2) is 7.82. The lowest BCUT2D eigenvalue weighted by Crippen LogP contribution is -2.28. The maximum atomic E-state index is 12.5. The number of pyridine rings is 1. The molecule has 1 N–H and O–H groups in total.